The second kappa shape index (κ2) is 4.39. The van der Waals surface area contributed by atoms with Crippen molar-refractivity contribution in [2.75, 3.05) is 13.2 Å². The topological polar surface area (TPSA) is 55.4 Å². The van der Waals surface area contributed by atoms with Crippen molar-refractivity contribution in [2.24, 2.45) is 0 Å². The van der Waals surface area contributed by atoms with Crippen LogP contribution in [0.3, 0.4) is 0 Å². The highest BCUT2D eigenvalue weighted by molar-refractivity contribution is 5.90. The number of rotatable bonds is 3. The Morgan fingerprint density at radius 2 is 2.43 bits per heavy atom. The second-order valence-electron chi connectivity index (χ2n) is 3.31. The number of nitrogens with one attached hydrogen (secondary N) is 1. The molecule has 0 radical (unpaired) electrons. The molecule has 1 heterocycles. The third-order valence-corrected chi connectivity index (χ3v) is 2.17. The van der Waals surface area contributed by atoms with Crippen LogP contribution >= 0.6 is 0 Å². The van der Waals surface area contributed by atoms with E-state index in [0.717, 1.165) is 0 Å². The molecule has 5 heteroatoms. The van der Waals surface area contributed by atoms with Crippen LogP contribution in [0.5, 0.6) is 0 Å². The standard InChI is InChI=1S/C9H14FNO3/c1-2-14-7(12)6-9(10)4-3-5-11-8(9)13/h2-6H2,1H3,(H,11,13)/t9-/m1/s1. The van der Waals surface area contributed by atoms with Gasteiger partial charge in [0.1, 0.15) is 0 Å². The molecule has 4 nitrogen and oxygen atoms in total. The maximum Gasteiger partial charge on any atom is 0.309 e. The Morgan fingerprint density at radius 1 is 1.71 bits per heavy atom. The third kappa shape index (κ3) is 2.43. The van der Waals surface area contributed by atoms with Crippen molar-refractivity contribution >= 4 is 11.9 Å². The van der Waals surface area contributed by atoms with E-state index in [1.807, 2.05) is 0 Å². The lowest BCUT2D eigenvalue weighted by atomic mass is 9.92. The van der Waals surface area contributed by atoms with Crippen molar-refractivity contribution in [2.45, 2.75) is 31.9 Å². The number of piperidine rings is 1. The van der Waals surface area contributed by atoms with Crippen LogP contribution in [-0.2, 0) is 14.3 Å². The molecule has 1 rings (SSSR count). The number of esters is 1. The van der Waals surface area contributed by atoms with E-state index in [9.17, 15) is 14.0 Å². The van der Waals surface area contributed by atoms with Gasteiger partial charge in [0.25, 0.3) is 5.91 Å². The van der Waals surface area contributed by atoms with Gasteiger partial charge >= 0.3 is 5.97 Å². The smallest absolute Gasteiger partial charge is 0.309 e. The van der Waals surface area contributed by atoms with Gasteiger partial charge in [-0.05, 0) is 19.8 Å². The van der Waals surface area contributed by atoms with Gasteiger partial charge in [0.05, 0.1) is 13.0 Å². The van der Waals surface area contributed by atoms with Crippen LogP contribution in [0.4, 0.5) is 4.39 Å². The zero-order valence-electron chi connectivity index (χ0n) is 8.14. The molecule has 0 aromatic rings. The van der Waals surface area contributed by atoms with Crippen molar-refractivity contribution in [3.8, 4) is 0 Å². The molecule has 14 heavy (non-hydrogen) atoms. The Hall–Kier alpha value is -1.13. The van der Waals surface area contributed by atoms with Crippen LogP contribution in [-0.4, -0.2) is 30.7 Å². The summed E-state index contributed by atoms with van der Waals surface area (Å²) in [6.07, 6.45) is 0.173. The molecule has 1 saturated heterocycles. The molecule has 1 atom stereocenters. The molecule has 1 fully saturated rings. The van der Waals surface area contributed by atoms with Crippen molar-refractivity contribution in [3.63, 3.8) is 0 Å². The second-order valence-corrected chi connectivity index (χ2v) is 3.31. The number of hydrogen-bond acceptors (Lipinski definition) is 3. The summed E-state index contributed by atoms with van der Waals surface area (Å²) in [5.41, 5.74) is -2.06. The fourth-order valence-electron chi connectivity index (χ4n) is 1.45. The van der Waals surface area contributed by atoms with Gasteiger partial charge in [0.2, 0.25) is 0 Å². The predicted molar refractivity (Wildman–Crippen MR) is 47.3 cm³/mol. The highest BCUT2D eigenvalue weighted by Gasteiger charge is 2.42. The van der Waals surface area contributed by atoms with Crippen LogP contribution in [0.25, 0.3) is 0 Å². The molecule has 0 bridgehead atoms. The van der Waals surface area contributed by atoms with Crippen molar-refractivity contribution in [1.29, 1.82) is 0 Å². The highest BCUT2D eigenvalue weighted by atomic mass is 19.1. The first-order chi connectivity index (χ1) is 6.58. The molecule has 0 unspecified atom stereocenters. The Kier molecular flexibility index (Phi) is 3.43. The maximum atomic E-state index is 13.8. The van der Waals surface area contributed by atoms with E-state index in [2.05, 4.69) is 10.1 Å². The molecule has 1 N–H and O–H groups in total. The zero-order valence-corrected chi connectivity index (χ0v) is 8.14. The molecular formula is C9H14FNO3. The summed E-state index contributed by atoms with van der Waals surface area (Å²) in [5.74, 6) is -1.36. The monoisotopic (exact) mass is 203 g/mol. The number of amides is 1. The average Bonchev–Trinajstić information content (AvgIpc) is 2.10. The molecule has 0 aromatic heterocycles. The predicted octanol–water partition coefficient (Wildman–Crippen LogP) is 0.558. The van der Waals surface area contributed by atoms with Gasteiger partial charge in [0, 0.05) is 6.54 Å². The first-order valence-electron chi connectivity index (χ1n) is 4.71. The van der Waals surface area contributed by atoms with Gasteiger partial charge in [-0.1, -0.05) is 0 Å². The number of halogens is 1. The van der Waals surface area contributed by atoms with Crippen LogP contribution in [0.15, 0.2) is 0 Å². The Bertz CT molecular complexity index is 244. The summed E-state index contributed by atoms with van der Waals surface area (Å²) < 4.78 is 18.4. The quantitative estimate of drug-likeness (QED) is 0.682. The third-order valence-electron chi connectivity index (χ3n) is 2.17. The maximum absolute atomic E-state index is 13.8. The number of carbonyl (C=O) groups excluding carboxylic acids is 2. The van der Waals surface area contributed by atoms with Crippen LogP contribution < -0.4 is 5.32 Å². The summed E-state index contributed by atoms with van der Waals surface area (Å²) in [7, 11) is 0. The molecule has 1 aliphatic rings. The van der Waals surface area contributed by atoms with E-state index >= 15 is 0 Å². The van der Waals surface area contributed by atoms with Gasteiger partial charge in [0.15, 0.2) is 5.67 Å². The summed E-state index contributed by atoms with van der Waals surface area (Å²) in [5, 5.41) is 2.40. The number of hydrogen-bond donors (Lipinski definition) is 1. The fourth-order valence-corrected chi connectivity index (χ4v) is 1.45. The SMILES string of the molecule is CCOC(=O)C[C@]1(F)CCCNC1=O. The number of carbonyl (C=O) groups is 2. The molecule has 1 amide bonds. The summed E-state index contributed by atoms with van der Waals surface area (Å²) in [6, 6.07) is 0. The number of ether oxygens (including phenoxy) is 1. The van der Waals surface area contributed by atoms with Gasteiger partial charge in [-0.25, -0.2) is 4.39 Å². The Balaban J connectivity index is 2.55. The van der Waals surface area contributed by atoms with E-state index in [1.54, 1.807) is 6.92 Å². The molecular weight excluding hydrogens is 189 g/mol. The van der Waals surface area contributed by atoms with Crippen LogP contribution in [0.2, 0.25) is 0 Å². The van der Waals surface area contributed by atoms with Crippen molar-refractivity contribution in [3.05, 3.63) is 0 Å². The molecule has 0 spiro atoms. The van der Waals surface area contributed by atoms with Gasteiger partial charge in [-0.3, -0.25) is 9.59 Å². The van der Waals surface area contributed by atoms with E-state index in [1.165, 1.54) is 0 Å². The van der Waals surface area contributed by atoms with Crippen LogP contribution in [0, 0.1) is 0 Å². The first kappa shape index (κ1) is 10.9. The fraction of sp³-hybridized carbons (Fsp3) is 0.778. The highest BCUT2D eigenvalue weighted by Crippen LogP contribution is 2.26. The normalized spacial score (nSPS) is 26.9. The minimum atomic E-state index is -2.06. The lowest BCUT2D eigenvalue weighted by molar-refractivity contribution is -0.152. The van der Waals surface area contributed by atoms with E-state index in [4.69, 9.17) is 0 Å². The van der Waals surface area contributed by atoms with Gasteiger partial charge in [-0.2, -0.15) is 0 Å². The lowest BCUT2D eigenvalue weighted by Crippen LogP contribution is -2.49. The molecule has 1 aliphatic heterocycles. The largest absolute Gasteiger partial charge is 0.466 e. The first-order valence-corrected chi connectivity index (χ1v) is 4.71. The van der Waals surface area contributed by atoms with Crippen molar-refractivity contribution < 1.29 is 18.7 Å². The summed E-state index contributed by atoms with van der Waals surface area (Å²) >= 11 is 0. The zero-order chi connectivity index (χ0) is 10.6. The van der Waals surface area contributed by atoms with E-state index in [-0.39, 0.29) is 13.0 Å². The minimum absolute atomic E-state index is 0.0949. The van der Waals surface area contributed by atoms with E-state index < -0.39 is 24.0 Å². The van der Waals surface area contributed by atoms with Gasteiger partial charge < -0.3 is 10.1 Å². The molecule has 0 saturated carbocycles. The number of alkyl halides is 1. The Morgan fingerprint density at radius 3 is 3.00 bits per heavy atom. The summed E-state index contributed by atoms with van der Waals surface area (Å²) in [6.45, 7) is 2.33. The minimum Gasteiger partial charge on any atom is -0.466 e. The molecule has 80 valence electrons. The molecule has 0 aromatic carbocycles. The lowest BCUT2D eigenvalue weighted by Gasteiger charge is -2.27. The van der Waals surface area contributed by atoms with Crippen LogP contribution in [0.1, 0.15) is 26.2 Å². The van der Waals surface area contributed by atoms with Gasteiger partial charge in [-0.15, -0.1) is 0 Å². The summed E-state index contributed by atoms with van der Waals surface area (Å²) in [4.78, 5) is 22.2. The average molecular weight is 203 g/mol. The van der Waals surface area contributed by atoms with E-state index in [0.29, 0.717) is 13.0 Å². The molecule has 0 aliphatic carbocycles. The van der Waals surface area contributed by atoms with Crippen molar-refractivity contribution in [1.82, 2.24) is 5.32 Å². The Labute approximate surface area is 81.8 Å².